The summed E-state index contributed by atoms with van der Waals surface area (Å²) in [5, 5.41) is 8.77. The second-order valence-electron chi connectivity index (χ2n) is 6.56. The number of aromatic nitrogens is 3. The molecule has 122 valence electrons. The average molecular weight is 328 g/mol. The van der Waals surface area contributed by atoms with Crippen LogP contribution in [0.4, 0.5) is 0 Å². The molecular formula is C18H24N4S. The van der Waals surface area contributed by atoms with Gasteiger partial charge in [0.05, 0.1) is 12.2 Å². The molecule has 0 N–H and O–H groups in total. The Morgan fingerprint density at radius 3 is 2.39 bits per heavy atom. The minimum atomic E-state index is 0.508. The van der Waals surface area contributed by atoms with Gasteiger partial charge in [0, 0.05) is 24.7 Å². The fourth-order valence-electron chi connectivity index (χ4n) is 3.76. The van der Waals surface area contributed by atoms with Crippen molar-refractivity contribution in [3.8, 4) is 11.3 Å². The third-order valence-electron chi connectivity index (χ3n) is 5.16. The Kier molecular flexibility index (Phi) is 4.67. The summed E-state index contributed by atoms with van der Waals surface area (Å²) in [6.07, 6.45) is 7.25. The van der Waals surface area contributed by atoms with Crippen LogP contribution in [0.3, 0.4) is 0 Å². The Morgan fingerprint density at radius 2 is 1.65 bits per heavy atom. The van der Waals surface area contributed by atoms with E-state index in [2.05, 4.69) is 62.1 Å². The molecule has 0 unspecified atom stereocenters. The highest BCUT2D eigenvalue weighted by atomic mass is 32.2. The van der Waals surface area contributed by atoms with Crippen LogP contribution in [0.25, 0.3) is 11.3 Å². The number of hydrogen-bond acceptors (Lipinski definition) is 4. The van der Waals surface area contributed by atoms with E-state index in [1.54, 1.807) is 0 Å². The summed E-state index contributed by atoms with van der Waals surface area (Å²) in [6.45, 7) is 2.42. The smallest absolute Gasteiger partial charge is 0.113 e. The Hall–Kier alpha value is -1.33. The zero-order chi connectivity index (χ0) is 15.5. The number of benzene rings is 1. The van der Waals surface area contributed by atoms with Crippen molar-refractivity contribution in [3.05, 3.63) is 36.5 Å². The third-order valence-corrected chi connectivity index (χ3v) is 6.21. The van der Waals surface area contributed by atoms with E-state index in [1.165, 1.54) is 50.3 Å². The normalized spacial score (nSPS) is 21.6. The standard InChI is InChI=1S/C18H24N4S/c1-2-4-15(5-3-1)18-14-22(20-19-18)17-6-10-21(11-7-17)16-8-12-23-13-9-16/h1-5,14,16-17H,6-13H2. The molecule has 2 fully saturated rings. The second kappa shape index (κ2) is 7.05. The summed E-state index contributed by atoms with van der Waals surface area (Å²) >= 11 is 2.11. The van der Waals surface area contributed by atoms with Crippen LogP contribution in [0, 0.1) is 0 Å². The Morgan fingerprint density at radius 1 is 0.913 bits per heavy atom. The van der Waals surface area contributed by atoms with Gasteiger partial charge in [-0.05, 0) is 37.2 Å². The molecule has 2 saturated heterocycles. The highest BCUT2D eigenvalue weighted by molar-refractivity contribution is 7.99. The summed E-state index contributed by atoms with van der Waals surface area (Å²) < 4.78 is 2.09. The molecule has 4 rings (SSSR count). The van der Waals surface area contributed by atoms with Gasteiger partial charge >= 0.3 is 0 Å². The van der Waals surface area contributed by atoms with Gasteiger partial charge in [0.2, 0.25) is 0 Å². The lowest BCUT2D eigenvalue weighted by Crippen LogP contribution is -2.43. The zero-order valence-corrected chi connectivity index (χ0v) is 14.3. The number of likely N-dealkylation sites (tertiary alicyclic amines) is 1. The van der Waals surface area contributed by atoms with Crippen LogP contribution in [0.15, 0.2) is 36.5 Å². The molecule has 1 aromatic carbocycles. The molecule has 3 heterocycles. The summed E-state index contributed by atoms with van der Waals surface area (Å²) in [7, 11) is 0. The van der Waals surface area contributed by atoms with Crippen LogP contribution in [0.1, 0.15) is 31.7 Å². The van der Waals surface area contributed by atoms with Crippen LogP contribution in [0.5, 0.6) is 0 Å². The lowest BCUT2D eigenvalue weighted by atomic mass is 10.0. The van der Waals surface area contributed by atoms with Crippen molar-refractivity contribution in [2.45, 2.75) is 37.8 Å². The summed E-state index contributed by atoms with van der Waals surface area (Å²) in [5.74, 6) is 2.68. The van der Waals surface area contributed by atoms with Crippen molar-refractivity contribution < 1.29 is 0 Å². The van der Waals surface area contributed by atoms with Crippen LogP contribution < -0.4 is 0 Å². The van der Waals surface area contributed by atoms with Crippen molar-refractivity contribution in [3.63, 3.8) is 0 Å². The Balaban J connectivity index is 1.38. The highest BCUT2D eigenvalue weighted by Gasteiger charge is 2.27. The van der Waals surface area contributed by atoms with Gasteiger partial charge in [-0.3, -0.25) is 0 Å². The topological polar surface area (TPSA) is 34.0 Å². The van der Waals surface area contributed by atoms with Crippen LogP contribution in [-0.2, 0) is 0 Å². The summed E-state index contributed by atoms with van der Waals surface area (Å²) in [5.41, 5.74) is 2.13. The quantitative estimate of drug-likeness (QED) is 0.864. The fourth-order valence-corrected chi connectivity index (χ4v) is 4.84. The minimum absolute atomic E-state index is 0.508. The molecule has 4 nitrogen and oxygen atoms in total. The molecule has 2 aliphatic rings. The molecule has 0 aliphatic carbocycles. The molecule has 1 aromatic heterocycles. The van der Waals surface area contributed by atoms with E-state index in [-0.39, 0.29) is 0 Å². The molecule has 2 aliphatic heterocycles. The van der Waals surface area contributed by atoms with E-state index in [4.69, 9.17) is 0 Å². The van der Waals surface area contributed by atoms with Crippen molar-refractivity contribution >= 4 is 11.8 Å². The number of piperidine rings is 1. The van der Waals surface area contributed by atoms with Crippen LogP contribution in [0.2, 0.25) is 0 Å². The monoisotopic (exact) mass is 328 g/mol. The SMILES string of the molecule is c1ccc(-c2cn(C3CCN(C4CCSCC4)CC3)nn2)cc1. The highest BCUT2D eigenvalue weighted by Crippen LogP contribution is 2.28. The van der Waals surface area contributed by atoms with E-state index in [1.807, 2.05) is 6.07 Å². The van der Waals surface area contributed by atoms with Gasteiger partial charge in [0.25, 0.3) is 0 Å². The molecule has 0 saturated carbocycles. The van der Waals surface area contributed by atoms with Gasteiger partial charge in [0.15, 0.2) is 0 Å². The van der Waals surface area contributed by atoms with E-state index in [0.717, 1.165) is 17.3 Å². The minimum Gasteiger partial charge on any atom is -0.300 e. The number of thioether (sulfide) groups is 1. The lowest BCUT2D eigenvalue weighted by molar-refractivity contribution is 0.123. The van der Waals surface area contributed by atoms with E-state index in [0.29, 0.717) is 6.04 Å². The van der Waals surface area contributed by atoms with E-state index < -0.39 is 0 Å². The molecule has 0 atom stereocenters. The first-order valence-corrected chi connectivity index (χ1v) is 9.85. The predicted molar refractivity (Wildman–Crippen MR) is 95.6 cm³/mol. The second-order valence-corrected chi connectivity index (χ2v) is 7.79. The Labute approximate surface area is 142 Å². The van der Waals surface area contributed by atoms with Crippen molar-refractivity contribution in [1.29, 1.82) is 0 Å². The number of nitrogens with zero attached hydrogens (tertiary/aromatic N) is 4. The molecule has 0 amide bonds. The van der Waals surface area contributed by atoms with E-state index in [9.17, 15) is 0 Å². The third kappa shape index (κ3) is 3.45. The van der Waals surface area contributed by atoms with Crippen molar-refractivity contribution in [1.82, 2.24) is 19.9 Å². The summed E-state index contributed by atoms with van der Waals surface area (Å²) in [6, 6.07) is 11.7. The largest absolute Gasteiger partial charge is 0.300 e. The van der Waals surface area contributed by atoms with Gasteiger partial charge in [0.1, 0.15) is 5.69 Å². The van der Waals surface area contributed by atoms with E-state index >= 15 is 0 Å². The van der Waals surface area contributed by atoms with Gasteiger partial charge in [-0.1, -0.05) is 35.5 Å². The molecule has 5 heteroatoms. The first-order valence-electron chi connectivity index (χ1n) is 8.69. The maximum atomic E-state index is 4.40. The number of rotatable bonds is 3. The maximum absolute atomic E-state index is 4.40. The van der Waals surface area contributed by atoms with Crippen LogP contribution >= 0.6 is 11.8 Å². The molecule has 0 spiro atoms. The van der Waals surface area contributed by atoms with Gasteiger partial charge in [-0.2, -0.15) is 11.8 Å². The molecule has 23 heavy (non-hydrogen) atoms. The van der Waals surface area contributed by atoms with Gasteiger partial charge in [-0.15, -0.1) is 5.10 Å². The predicted octanol–water partition coefficient (Wildman–Crippen LogP) is 3.48. The van der Waals surface area contributed by atoms with Gasteiger partial charge < -0.3 is 4.90 Å². The number of hydrogen-bond donors (Lipinski definition) is 0. The zero-order valence-electron chi connectivity index (χ0n) is 13.5. The van der Waals surface area contributed by atoms with Crippen molar-refractivity contribution in [2.75, 3.05) is 24.6 Å². The molecular weight excluding hydrogens is 304 g/mol. The fraction of sp³-hybridized carbons (Fsp3) is 0.556. The molecule has 0 radical (unpaired) electrons. The van der Waals surface area contributed by atoms with Gasteiger partial charge in [-0.25, -0.2) is 4.68 Å². The van der Waals surface area contributed by atoms with Crippen LogP contribution in [-0.4, -0.2) is 50.5 Å². The Bertz CT molecular complexity index is 613. The maximum Gasteiger partial charge on any atom is 0.113 e. The average Bonchev–Trinajstić information content (AvgIpc) is 3.14. The molecule has 2 aromatic rings. The first kappa shape index (κ1) is 15.2. The summed E-state index contributed by atoms with van der Waals surface area (Å²) in [4.78, 5) is 2.71. The lowest BCUT2D eigenvalue weighted by Gasteiger charge is -2.39. The first-order chi connectivity index (χ1) is 11.4. The van der Waals surface area contributed by atoms with Crippen molar-refractivity contribution in [2.24, 2.45) is 0 Å². The molecule has 0 bridgehead atoms.